The van der Waals surface area contributed by atoms with Crippen molar-refractivity contribution in [2.45, 2.75) is 39.2 Å². The number of carbonyl (C=O) groups excluding carboxylic acids is 3. The summed E-state index contributed by atoms with van der Waals surface area (Å²) in [6.07, 6.45) is 1.78. The Kier molecular flexibility index (Phi) is 8.79. The Morgan fingerprint density at radius 1 is 1.14 bits per heavy atom. The number of benzene rings is 1. The van der Waals surface area contributed by atoms with Crippen LogP contribution in [-0.2, 0) is 19.1 Å². The molecule has 6 nitrogen and oxygen atoms in total. The van der Waals surface area contributed by atoms with Gasteiger partial charge < -0.3 is 10.1 Å². The highest BCUT2D eigenvalue weighted by Crippen LogP contribution is 2.35. The molecule has 0 atom stereocenters. The van der Waals surface area contributed by atoms with Gasteiger partial charge in [0.2, 0.25) is 5.91 Å². The van der Waals surface area contributed by atoms with Crippen LogP contribution in [0.1, 0.15) is 38.5 Å². The number of hydrogen-bond donors (Lipinski definition) is 1. The summed E-state index contributed by atoms with van der Waals surface area (Å²) >= 11 is 7.80. The third-order valence-electron chi connectivity index (χ3n) is 4.65. The molecule has 2 amide bonds. The lowest BCUT2D eigenvalue weighted by molar-refractivity contribution is -0.154. The molecule has 1 aliphatic rings. The van der Waals surface area contributed by atoms with Crippen molar-refractivity contribution in [3.63, 3.8) is 0 Å². The summed E-state index contributed by atoms with van der Waals surface area (Å²) in [6.45, 7) is 5.56. The average Bonchev–Trinajstić information content (AvgIpc) is 3.32. The Balaban J connectivity index is 1.53. The molecule has 35 heavy (non-hydrogen) atoms. The number of hydrogen-bond acceptors (Lipinski definition) is 7. The molecule has 1 aromatic carbocycles. The van der Waals surface area contributed by atoms with Crippen LogP contribution in [0.4, 0.5) is 8.78 Å². The van der Waals surface area contributed by atoms with E-state index in [0.29, 0.717) is 20.4 Å². The molecule has 3 rings (SSSR count). The Morgan fingerprint density at radius 3 is 2.57 bits per heavy atom. The zero-order chi connectivity index (χ0) is 25.8. The number of ether oxygens (including phenoxy) is 1. The molecule has 0 saturated carbocycles. The zero-order valence-corrected chi connectivity index (χ0v) is 21.8. The third-order valence-corrected chi connectivity index (χ3v) is 6.91. The van der Waals surface area contributed by atoms with Crippen LogP contribution in [0, 0.1) is 11.6 Å². The first-order chi connectivity index (χ1) is 16.4. The third kappa shape index (κ3) is 7.68. The van der Waals surface area contributed by atoms with Gasteiger partial charge in [0.15, 0.2) is 11.6 Å². The molecule has 1 aliphatic heterocycles. The van der Waals surface area contributed by atoms with E-state index in [0.717, 1.165) is 28.8 Å². The van der Waals surface area contributed by atoms with Crippen molar-refractivity contribution < 1.29 is 27.9 Å². The number of thiocarbonyl (C=S) groups is 1. The number of nitrogens with zero attached hydrogens (tertiary/aromatic N) is 1. The normalized spacial score (nSPS) is 15.1. The van der Waals surface area contributed by atoms with Crippen LogP contribution < -0.4 is 5.32 Å². The predicted octanol–water partition coefficient (Wildman–Crippen LogP) is 5.13. The van der Waals surface area contributed by atoms with E-state index in [1.54, 1.807) is 38.3 Å². The number of thiophene rings is 1. The van der Waals surface area contributed by atoms with Gasteiger partial charge in [-0.2, -0.15) is 0 Å². The molecule has 11 heteroatoms. The minimum absolute atomic E-state index is 0.0350. The van der Waals surface area contributed by atoms with E-state index in [1.165, 1.54) is 22.3 Å². The quantitative estimate of drug-likeness (QED) is 0.285. The standard InChI is InChI=1S/C24H24F2N2O4S3/c1-24(2,3)32-21(30)6-8-27-20(29)7-9-28-22(31)19(35-23(28)33)12-16-10-15(13-34-16)14-4-5-17(25)18(26)11-14/h4-5,10-13H,6-9H2,1-3H3,(H,27,29). The first kappa shape index (κ1) is 27.0. The minimum atomic E-state index is -0.926. The smallest absolute Gasteiger partial charge is 0.308 e. The number of rotatable bonds is 8. The fourth-order valence-corrected chi connectivity index (χ4v) is 5.30. The molecule has 1 N–H and O–H groups in total. The maximum Gasteiger partial charge on any atom is 0.308 e. The summed E-state index contributed by atoms with van der Waals surface area (Å²) in [5.41, 5.74) is 0.656. The van der Waals surface area contributed by atoms with Gasteiger partial charge in [-0.1, -0.05) is 30.0 Å². The molecule has 0 radical (unpaired) electrons. The van der Waals surface area contributed by atoms with Gasteiger partial charge in [-0.3, -0.25) is 19.3 Å². The van der Waals surface area contributed by atoms with Gasteiger partial charge in [0.05, 0.1) is 11.3 Å². The summed E-state index contributed by atoms with van der Waals surface area (Å²) < 4.78 is 32.2. The molecular formula is C24H24F2N2O4S3. The van der Waals surface area contributed by atoms with Gasteiger partial charge in [0.1, 0.15) is 9.92 Å². The Hall–Kier alpha value is -2.63. The number of halogens is 2. The van der Waals surface area contributed by atoms with Crippen LogP contribution >= 0.6 is 35.3 Å². The van der Waals surface area contributed by atoms with Gasteiger partial charge in [0.25, 0.3) is 5.91 Å². The van der Waals surface area contributed by atoms with Crippen LogP contribution in [0.25, 0.3) is 17.2 Å². The highest BCUT2D eigenvalue weighted by atomic mass is 32.2. The first-order valence-electron chi connectivity index (χ1n) is 10.7. The maximum absolute atomic E-state index is 13.5. The van der Waals surface area contributed by atoms with Crippen molar-refractivity contribution >= 4 is 63.5 Å². The molecule has 2 heterocycles. The van der Waals surface area contributed by atoms with Gasteiger partial charge in [-0.15, -0.1) is 11.3 Å². The largest absolute Gasteiger partial charge is 0.460 e. The van der Waals surface area contributed by atoms with Crippen molar-refractivity contribution in [2.24, 2.45) is 0 Å². The Labute approximate surface area is 215 Å². The van der Waals surface area contributed by atoms with E-state index in [4.69, 9.17) is 17.0 Å². The Morgan fingerprint density at radius 2 is 1.89 bits per heavy atom. The summed E-state index contributed by atoms with van der Waals surface area (Å²) in [7, 11) is 0. The highest BCUT2D eigenvalue weighted by Gasteiger charge is 2.32. The van der Waals surface area contributed by atoms with Crippen molar-refractivity contribution in [1.82, 2.24) is 10.2 Å². The molecule has 186 valence electrons. The monoisotopic (exact) mass is 538 g/mol. The van der Waals surface area contributed by atoms with E-state index in [9.17, 15) is 23.2 Å². The lowest BCUT2D eigenvalue weighted by Crippen LogP contribution is -2.34. The number of amides is 2. The van der Waals surface area contributed by atoms with E-state index >= 15 is 0 Å². The number of esters is 1. The molecule has 1 saturated heterocycles. The van der Waals surface area contributed by atoms with Crippen LogP contribution in [0.3, 0.4) is 0 Å². The van der Waals surface area contributed by atoms with Gasteiger partial charge in [-0.25, -0.2) is 8.78 Å². The van der Waals surface area contributed by atoms with Crippen LogP contribution in [-0.4, -0.2) is 45.7 Å². The first-order valence-corrected chi connectivity index (χ1v) is 12.8. The minimum Gasteiger partial charge on any atom is -0.460 e. The topological polar surface area (TPSA) is 75.7 Å². The molecule has 1 fully saturated rings. The van der Waals surface area contributed by atoms with Crippen molar-refractivity contribution in [3.8, 4) is 11.1 Å². The summed E-state index contributed by atoms with van der Waals surface area (Å²) in [5.74, 6) is -2.85. The molecule has 2 aromatic rings. The number of nitrogens with one attached hydrogen (secondary N) is 1. The van der Waals surface area contributed by atoms with Crippen molar-refractivity contribution in [1.29, 1.82) is 0 Å². The average molecular weight is 539 g/mol. The van der Waals surface area contributed by atoms with E-state index in [1.807, 2.05) is 0 Å². The summed E-state index contributed by atoms with van der Waals surface area (Å²) in [6, 6.07) is 5.46. The van der Waals surface area contributed by atoms with Gasteiger partial charge >= 0.3 is 5.97 Å². The molecule has 0 spiro atoms. The molecule has 0 aliphatic carbocycles. The van der Waals surface area contributed by atoms with E-state index in [-0.39, 0.29) is 37.7 Å². The SMILES string of the molecule is CC(C)(C)OC(=O)CCNC(=O)CCN1C(=O)C(=Cc2cc(-c3ccc(F)c(F)c3)cs2)SC1=S. The molecule has 0 bridgehead atoms. The van der Waals surface area contributed by atoms with Gasteiger partial charge in [-0.05, 0) is 61.6 Å². The van der Waals surface area contributed by atoms with Crippen LogP contribution in [0.15, 0.2) is 34.6 Å². The summed E-state index contributed by atoms with van der Waals surface area (Å²) in [5, 5.41) is 4.43. The second-order valence-electron chi connectivity index (χ2n) is 8.64. The van der Waals surface area contributed by atoms with Crippen molar-refractivity contribution in [2.75, 3.05) is 13.1 Å². The van der Waals surface area contributed by atoms with Crippen LogP contribution in [0.5, 0.6) is 0 Å². The second-order valence-corrected chi connectivity index (χ2v) is 11.3. The second kappa shape index (κ2) is 11.4. The molecular weight excluding hydrogens is 514 g/mol. The van der Waals surface area contributed by atoms with Gasteiger partial charge in [0, 0.05) is 24.4 Å². The lowest BCUT2D eigenvalue weighted by atomic mass is 10.1. The lowest BCUT2D eigenvalue weighted by Gasteiger charge is -2.19. The molecule has 0 unspecified atom stereocenters. The van der Waals surface area contributed by atoms with Crippen LogP contribution in [0.2, 0.25) is 0 Å². The molecule has 1 aromatic heterocycles. The fraction of sp³-hybridized carbons (Fsp3) is 0.333. The fourth-order valence-electron chi connectivity index (χ4n) is 3.08. The highest BCUT2D eigenvalue weighted by molar-refractivity contribution is 8.26. The zero-order valence-electron chi connectivity index (χ0n) is 19.4. The van der Waals surface area contributed by atoms with E-state index in [2.05, 4.69) is 5.32 Å². The number of thioether (sulfide) groups is 1. The summed E-state index contributed by atoms with van der Waals surface area (Å²) in [4.78, 5) is 39.2. The number of carbonyl (C=O) groups is 3. The Bertz CT molecular complexity index is 1190. The maximum atomic E-state index is 13.5. The predicted molar refractivity (Wildman–Crippen MR) is 138 cm³/mol. The van der Waals surface area contributed by atoms with E-state index < -0.39 is 23.2 Å². The van der Waals surface area contributed by atoms with Crippen molar-refractivity contribution in [3.05, 3.63) is 51.1 Å².